The van der Waals surface area contributed by atoms with Crippen LogP contribution in [-0.4, -0.2) is 32.0 Å². The van der Waals surface area contributed by atoms with Gasteiger partial charge in [-0.1, -0.05) is 50.2 Å². The van der Waals surface area contributed by atoms with Gasteiger partial charge in [-0.05, 0) is 36.1 Å². The van der Waals surface area contributed by atoms with E-state index in [0.717, 1.165) is 16.9 Å². The predicted molar refractivity (Wildman–Crippen MR) is 108 cm³/mol. The third-order valence-electron chi connectivity index (χ3n) is 4.28. The van der Waals surface area contributed by atoms with Gasteiger partial charge in [0.2, 0.25) is 0 Å². The van der Waals surface area contributed by atoms with Crippen LogP contribution in [0.2, 0.25) is 0 Å². The number of carbonyl (C=O) groups excluding carboxylic acids is 2. The summed E-state index contributed by atoms with van der Waals surface area (Å²) in [5.41, 5.74) is 1.48. The number of carbonyl (C=O) groups is 2. The summed E-state index contributed by atoms with van der Waals surface area (Å²) in [5, 5.41) is 5.73. The van der Waals surface area contributed by atoms with E-state index >= 15 is 0 Å². The molecule has 6 heteroatoms. The molecule has 2 aromatic rings. The fourth-order valence-electron chi connectivity index (χ4n) is 3.06. The van der Waals surface area contributed by atoms with E-state index in [1.165, 1.54) is 18.2 Å². The molecule has 0 aromatic heterocycles. The van der Waals surface area contributed by atoms with Crippen LogP contribution in [0.4, 0.5) is 10.1 Å². The van der Waals surface area contributed by atoms with Crippen molar-refractivity contribution >= 4 is 17.5 Å². The van der Waals surface area contributed by atoms with Crippen molar-refractivity contribution in [1.82, 2.24) is 5.32 Å². The van der Waals surface area contributed by atoms with Crippen molar-refractivity contribution in [1.29, 1.82) is 0 Å². The van der Waals surface area contributed by atoms with Crippen molar-refractivity contribution in [3.63, 3.8) is 0 Å². The van der Waals surface area contributed by atoms with Crippen LogP contribution in [0.15, 0.2) is 54.6 Å². The summed E-state index contributed by atoms with van der Waals surface area (Å²) < 4.78 is 13.2. The Balaban J connectivity index is 1.87. The largest absolute Gasteiger partial charge is 0.344 e. The number of nitrogens with one attached hydrogen (secondary N) is 3. The van der Waals surface area contributed by atoms with E-state index in [2.05, 4.69) is 24.5 Å². The third kappa shape index (κ3) is 7.48. The summed E-state index contributed by atoms with van der Waals surface area (Å²) >= 11 is 0. The lowest BCUT2D eigenvalue weighted by Gasteiger charge is -2.22. The number of quaternary nitrogens is 1. The SMILES string of the molecule is CC(C)C[C@@H](NC(=O)C[NH+](C)CC(=O)Nc1cccc(F)c1)c1ccccc1. The predicted octanol–water partition coefficient (Wildman–Crippen LogP) is 2.18. The summed E-state index contributed by atoms with van der Waals surface area (Å²) in [6.07, 6.45) is 0.842. The number of hydrogen-bond donors (Lipinski definition) is 3. The van der Waals surface area contributed by atoms with Crippen LogP contribution in [-0.2, 0) is 9.59 Å². The van der Waals surface area contributed by atoms with E-state index in [9.17, 15) is 14.0 Å². The van der Waals surface area contributed by atoms with Crippen LogP contribution in [0.25, 0.3) is 0 Å². The molecule has 0 aliphatic rings. The summed E-state index contributed by atoms with van der Waals surface area (Å²) in [6.45, 7) is 4.54. The molecule has 0 spiro atoms. The van der Waals surface area contributed by atoms with Crippen molar-refractivity contribution in [2.75, 3.05) is 25.5 Å². The molecule has 28 heavy (non-hydrogen) atoms. The van der Waals surface area contributed by atoms with Gasteiger partial charge >= 0.3 is 0 Å². The first kappa shape index (κ1) is 21.6. The maximum Gasteiger partial charge on any atom is 0.279 e. The molecule has 3 N–H and O–H groups in total. The number of halogens is 1. The van der Waals surface area contributed by atoms with Gasteiger partial charge in [-0.15, -0.1) is 0 Å². The quantitative estimate of drug-likeness (QED) is 0.619. The highest BCUT2D eigenvalue weighted by molar-refractivity contribution is 5.91. The fraction of sp³-hybridized carbons (Fsp3) is 0.364. The topological polar surface area (TPSA) is 62.6 Å². The van der Waals surface area contributed by atoms with Gasteiger partial charge in [0, 0.05) is 5.69 Å². The second-order valence-corrected chi connectivity index (χ2v) is 7.53. The first-order valence-electron chi connectivity index (χ1n) is 9.54. The zero-order chi connectivity index (χ0) is 20.5. The standard InChI is InChI=1S/C22H28FN3O2/c1-16(2)12-20(17-8-5-4-6-9-17)25-22(28)15-26(3)14-21(27)24-19-11-7-10-18(23)13-19/h4-11,13,16,20H,12,14-15H2,1-3H3,(H,24,27)(H,25,28)/p+1/t20-/m1/s1. The third-order valence-corrected chi connectivity index (χ3v) is 4.28. The van der Waals surface area contributed by atoms with Gasteiger partial charge in [-0.3, -0.25) is 9.59 Å². The number of hydrogen-bond acceptors (Lipinski definition) is 2. The number of amides is 2. The van der Waals surface area contributed by atoms with Crippen molar-refractivity contribution in [2.45, 2.75) is 26.3 Å². The van der Waals surface area contributed by atoms with Crippen LogP contribution in [0.5, 0.6) is 0 Å². The van der Waals surface area contributed by atoms with Gasteiger partial charge in [-0.2, -0.15) is 0 Å². The van der Waals surface area contributed by atoms with Gasteiger partial charge in [0.05, 0.1) is 13.1 Å². The molecule has 0 aliphatic heterocycles. The molecule has 2 atom stereocenters. The van der Waals surface area contributed by atoms with Crippen molar-refractivity contribution in [3.8, 4) is 0 Å². The fourth-order valence-corrected chi connectivity index (χ4v) is 3.06. The van der Waals surface area contributed by atoms with Crippen LogP contribution < -0.4 is 15.5 Å². The molecule has 5 nitrogen and oxygen atoms in total. The summed E-state index contributed by atoms with van der Waals surface area (Å²) in [7, 11) is 1.78. The van der Waals surface area contributed by atoms with Crippen molar-refractivity contribution < 1.29 is 18.9 Å². The molecule has 1 unspecified atom stereocenters. The van der Waals surface area contributed by atoms with E-state index in [-0.39, 0.29) is 30.9 Å². The molecular formula is C22H29FN3O2+. The molecule has 0 heterocycles. The molecule has 0 bridgehead atoms. The lowest BCUT2D eigenvalue weighted by Crippen LogP contribution is -3.11. The second-order valence-electron chi connectivity index (χ2n) is 7.53. The Morgan fingerprint density at radius 1 is 1.00 bits per heavy atom. The molecule has 0 saturated carbocycles. The Hall–Kier alpha value is -2.73. The molecule has 0 radical (unpaired) electrons. The molecule has 2 amide bonds. The molecule has 0 fully saturated rings. The average molecular weight is 386 g/mol. The Morgan fingerprint density at radius 3 is 2.32 bits per heavy atom. The zero-order valence-corrected chi connectivity index (χ0v) is 16.7. The number of benzene rings is 2. The summed E-state index contributed by atoms with van der Waals surface area (Å²) in [5.74, 6) is -0.342. The normalized spacial score (nSPS) is 13.0. The maximum atomic E-state index is 13.2. The van der Waals surface area contributed by atoms with Crippen LogP contribution in [0.3, 0.4) is 0 Å². The summed E-state index contributed by atoms with van der Waals surface area (Å²) in [6, 6.07) is 15.6. The molecular weight excluding hydrogens is 357 g/mol. The highest BCUT2D eigenvalue weighted by Gasteiger charge is 2.19. The monoisotopic (exact) mass is 386 g/mol. The number of likely N-dealkylation sites (N-methyl/N-ethyl adjacent to an activating group) is 1. The minimum absolute atomic E-state index is 0.0531. The van der Waals surface area contributed by atoms with E-state index in [0.29, 0.717) is 11.6 Å². The van der Waals surface area contributed by atoms with Crippen LogP contribution in [0, 0.1) is 11.7 Å². The Morgan fingerprint density at radius 2 is 1.68 bits per heavy atom. The van der Waals surface area contributed by atoms with E-state index < -0.39 is 5.82 Å². The number of rotatable bonds is 9. The second kappa shape index (κ2) is 10.6. The smallest absolute Gasteiger partial charge is 0.279 e. The summed E-state index contributed by atoms with van der Waals surface area (Å²) in [4.78, 5) is 25.4. The molecule has 2 aromatic carbocycles. The van der Waals surface area contributed by atoms with Crippen LogP contribution in [0.1, 0.15) is 31.9 Å². The molecule has 150 valence electrons. The lowest BCUT2D eigenvalue weighted by atomic mass is 9.97. The van der Waals surface area contributed by atoms with E-state index in [4.69, 9.17) is 0 Å². The molecule has 0 saturated heterocycles. The molecule has 0 aliphatic carbocycles. The first-order valence-corrected chi connectivity index (χ1v) is 9.54. The van der Waals surface area contributed by atoms with Crippen molar-refractivity contribution in [2.24, 2.45) is 5.92 Å². The van der Waals surface area contributed by atoms with Gasteiger partial charge < -0.3 is 15.5 Å². The minimum Gasteiger partial charge on any atom is -0.344 e. The lowest BCUT2D eigenvalue weighted by molar-refractivity contribution is -0.862. The Bertz CT molecular complexity index is 780. The maximum absolute atomic E-state index is 13.2. The van der Waals surface area contributed by atoms with Gasteiger partial charge in [0.15, 0.2) is 13.1 Å². The Kier molecular flexibility index (Phi) is 8.14. The van der Waals surface area contributed by atoms with E-state index in [1.807, 2.05) is 30.3 Å². The molecule has 2 rings (SSSR count). The Labute approximate surface area is 165 Å². The first-order chi connectivity index (χ1) is 13.3. The minimum atomic E-state index is -0.407. The van der Waals surface area contributed by atoms with Gasteiger partial charge in [-0.25, -0.2) is 4.39 Å². The number of anilines is 1. The van der Waals surface area contributed by atoms with Crippen LogP contribution >= 0.6 is 0 Å². The van der Waals surface area contributed by atoms with Crippen molar-refractivity contribution in [3.05, 3.63) is 66.0 Å². The van der Waals surface area contributed by atoms with Gasteiger partial charge in [0.25, 0.3) is 11.8 Å². The average Bonchev–Trinajstić information content (AvgIpc) is 2.61. The van der Waals surface area contributed by atoms with E-state index in [1.54, 1.807) is 13.1 Å². The highest BCUT2D eigenvalue weighted by atomic mass is 19.1. The highest BCUT2D eigenvalue weighted by Crippen LogP contribution is 2.20. The zero-order valence-electron chi connectivity index (χ0n) is 16.7. The van der Waals surface area contributed by atoms with Gasteiger partial charge in [0.1, 0.15) is 5.82 Å².